The minimum absolute atomic E-state index is 0.311. The fraction of sp³-hybridized carbons (Fsp3) is 0.846. The number of ether oxygens (including phenoxy) is 2. The van der Waals surface area contributed by atoms with Crippen LogP contribution in [0.5, 0.6) is 0 Å². The number of rotatable bonds is 4. The molecule has 0 amide bonds. The van der Waals surface area contributed by atoms with Crippen molar-refractivity contribution < 1.29 is 14.6 Å². The third kappa shape index (κ3) is 4.52. The van der Waals surface area contributed by atoms with Gasteiger partial charge in [0.2, 0.25) is 0 Å². The maximum absolute atomic E-state index is 9.76. The summed E-state index contributed by atoms with van der Waals surface area (Å²) in [6.07, 6.45) is 3.29. The molecular weight excluding hydrogens is 204 g/mol. The summed E-state index contributed by atoms with van der Waals surface area (Å²) in [7, 11) is 0. The molecular formula is C13H22O3. The normalized spacial score (nSPS) is 24.9. The molecule has 0 aromatic carbocycles. The molecule has 0 radical (unpaired) electrons. The molecule has 2 atom stereocenters. The summed E-state index contributed by atoms with van der Waals surface area (Å²) in [6.45, 7) is 6.26. The van der Waals surface area contributed by atoms with Gasteiger partial charge in [0.05, 0.1) is 6.61 Å². The Kier molecular flexibility index (Phi) is 5.27. The van der Waals surface area contributed by atoms with E-state index in [9.17, 15) is 5.11 Å². The molecule has 1 rings (SSSR count). The first kappa shape index (κ1) is 13.5. The van der Waals surface area contributed by atoms with Gasteiger partial charge in [-0.2, -0.15) is 0 Å². The Morgan fingerprint density at radius 1 is 1.44 bits per heavy atom. The van der Waals surface area contributed by atoms with E-state index in [0.29, 0.717) is 6.61 Å². The van der Waals surface area contributed by atoms with Gasteiger partial charge in [-0.25, -0.2) is 0 Å². The first-order chi connectivity index (χ1) is 7.55. The summed E-state index contributed by atoms with van der Waals surface area (Å²) in [5.41, 5.74) is 0. The van der Waals surface area contributed by atoms with E-state index in [-0.39, 0.29) is 6.10 Å². The third-order valence-corrected chi connectivity index (χ3v) is 2.54. The van der Waals surface area contributed by atoms with Crippen LogP contribution in [0, 0.1) is 11.8 Å². The molecule has 0 aliphatic carbocycles. The van der Waals surface area contributed by atoms with Gasteiger partial charge in [0, 0.05) is 6.42 Å². The fourth-order valence-electron chi connectivity index (χ4n) is 1.60. The van der Waals surface area contributed by atoms with Gasteiger partial charge in [-0.05, 0) is 20.3 Å². The molecule has 3 heteroatoms. The predicted molar refractivity (Wildman–Crippen MR) is 62.8 cm³/mol. The lowest BCUT2D eigenvalue weighted by Crippen LogP contribution is -2.29. The lowest BCUT2D eigenvalue weighted by molar-refractivity contribution is -0.146. The number of aliphatic hydroxyl groups is 1. The van der Waals surface area contributed by atoms with Crippen LogP contribution in [0.2, 0.25) is 0 Å². The molecule has 0 saturated carbocycles. The number of aliphatic hydroxyl groups excluding tert-OH is 1. The van der Waals surface area contributed by atoms with Crippen LogP contribution in [-0.4, -0.2) is 29.7 Å². The van der Waals surface area contributed by atoms with Crippen LogP contribution in [0.3, 0.4) is 0 Å². The van der Waals surface area contributed by atoms with E-state index in [1.165, 1.54) is 12.8 Å². The van der Waals surface area contributed by atoms with E-state index >= 15 is 0 Å². The topological polar surface area (TPSA) is 38.7 Å². The van der Waals surface area contributed by atoms with Crippen molar-refractivity contribution in [1.82, 2.24) is 0 Å². The van der Waals surface area contributed by atoms with Crippen molar-refractivity contribution in [3.63, 3.8) is 0 Å². The van der Waals surface area contributed by atoms with Crippen molar-refractivity contribution in [2.45, 2.75) is 64.4 Å². The second-order valence-electron chi connectivity index (χ2n) is 4.59. The molecule has 92 valence electrons. The Labute approximate surface area is 98.1 Å². The molecule has 1 unspecified atom stereocenters. The second-order valence-corrected chi connectivity index (χ2v) is 4.59. The van der Waals surface area contributed by atoms with Gasteiger partial charge in [0.1, 0.15) is 12.2 Å². The molecule has 1 N–H and O–H groups in total. The first-order valence-electron chi connectivity index (χ1n) is 6.03. The number of hydrogen-bond acceptors (Lipinski definition) is 3. The Morgan fingerprint density at radius 3 is 2.75 bits per heavy atom. The highest BCUT2D eigenvalue weighted by atomic mass is 16.7. The highest BCUT2D eigenvalue weighted by Gasteiger charge is 2.36. The van der Waals surface area contributed by atoms with Gasteiger partial charge in [0.15, 0.2) is 5.79 Å². The van der Waals surface area contributed by atoms with Crippen molar-refractivity contribution in [3.8, 4) is 11.8 Å². The van der Waals surface area contributed by atoms with E-state index < -0.39 is 11.9 Å². The van der Waals surface area contributed by atoms with E-state index in [1.54, 1.807) is 0 Å². The minimum atomic E-state index is -0.733. The van der Waals surface area contributed by atoms with Crippen LogP contribution in [0.4, 0.5) is 0 Å². The zero-order chi connectivity index (χ0) is 12.0. The smallest absolute Gasteiger partial charge is 0.163 e. The second kappa shape index (κ2) is 6.24. The summed E-state index contributed by atoms with van der Waals surface area (Å²) in [5, 5.41) is 9.76. The average molecular weight is 226 g/mol. The summed E-state index contributed by atoms with van der Waals surface area (Å²) >= 11 is 0. The molecule has 0 aromatic heterocycles. The monoisotopic (exact) mass is 226 g/mol. The third-order valence-electron chi connectivity index (χ3n) is 2.54. The SMILES string of the molecule is CCCCCC#CC(O)[C@H]1COC(C)(C)O1. The van der Waals surface area contributed by atoms with Crippen LogP contribution in [0.25, 0.3) is 0 Å². The maximum atomic E-state index is 9.76. The Balaban J connectivity index is 2.27. The highest BCUT2D eigenvalue weighted by molar-refractivity contribution is 5.07. The summed E-state index contributed by atoms with van der Waals surface area (Å²) < 4.78 is 10.9. The van der Waals surface area contributed by atoms with Crippen LogP contribution in [-0.2, 0) is 9.47 Å². The molecule has 0 spiro atoms. The molecule has 16 heavy (non-hydrogen) atoms. The van der Waals surface area contributed by atoms with E-state index in [2.05, 4.69) is 18.8 Å². The zero-order valence-corrected chi connectivity index (χ0v) is 10.5. The van der Waals surface area contributed by atoms with Crippen LogP contribution >= 0.6 is 0 Å². The van der Waals surface area contributed by atoms with Crippen molar-refractivity contribution in [2.24, 2.45) is 0 Å². The predicted octanol–water partition coefficient (Wildman–Crippen LogP) is 2.08. The van der Waals surface area contributed by atoms with Crippen LogP contribution < -0.4 is 0 Å². The Morgan fingerprint density at radius 2 is 2.19 bits per heavy atom. The Hall–Kier alpha value is -0.560. The van der Waals surface area contributed by atoms with Crippen LogP contribution in [0.15, 0.2) is 0 Å². The standard InChI is InChI=1S/C13H22O3/c1-4-5-6-7-8-9-11(14)12-10-15-13(2,3)16-12/h11-12,14H,4-7,10H2,1-3H3/t11?,12-/m1/s1. The van der Waals surface area contributed by atoms with E-state index in [0.717, 1.165) is 12.8 Å². The lowest BCUT2D eigenvalue weighted by Gasteiger charge is -2.17. The molecule has 1 fully saturated rings. The summed E-state index contributed by atoms with van der Waals surface area (Å²) in [5.74, 6) is 5.22. The largest absolute Gasteiger partial charge is 0.378 e. The van der Waals surface area contributed by atoms with E-state index in [1.807, 2.05) is 13.8 Å². The highest BCUT2D eigenvalue weighted by Crippen LogP contribution is 2.23. The van der Waals surface area contributed by atoms with Gasteiger partial charge in [-0.15, -0.1) is 5.92 Å². The van der Waals surface area contributed by atoms with E-state index in [4.69, 9.17) is 9.47 Å². The summed E-state index contributed by atoms with van der Waals surface area (Å²) in [6, 6.07) is 0. The number of hydrogen-bond donors (Lipinski definition) is 1. The van der Waals surface area contributed by atoms with Gasteiger partial charge < -0.3 is 14.6 Å². The molecule has 1 aliphatic heterocycles. The first-order valence-corrected chi connectivity index (χ1v) is 6.03. The van der Waals surface area contributed by atoms with Crippen molar-refractivity contribution in [2.75, 3.05) is 6.61 Å². The molecule has 0 bridgehead atoms. The maximum Gasteiger partial charge on any atom is 0.163 e. The van der Waals surface area contributed by atoms with Crippen molar-refractivity contribution in [1.29, 1.82) is 0 Å². The van der Waals surface area contributed by atoms with Crippen molar-refractivity contribution in [3.05, 3.63) is 0 Å². The van der Waals surface area contributed by atoms with Crippen LogP contribution in [0.1, 0.15) is 46.5 Å². The Bertz CT molecular complexity index is 262. The molecule has 1 aliphatic rings. The van der Waals surface area contributed by atoms with Gasteiger partial charge in [0.25, 0.3) is 0 Å². The van der Waals surface area contributed by atoms with Gasteiger partial charge in [-0.1, -0.05) is 25.7 Å². The number of unbranched alkanes of at least 4 members (excludes halogenated alkanes) is 3. The van der Waals surface area contributed by atoms with Crippen molar-refractivity contribution >= 4 is 0 Å². The average Bonchev–Trinajstić information content (AvgIpc) is 2.58. The zero-order valence-electron chi connectivity index (χ0n) is 10.5. The molecule has 3 nitrogen and oxygen atoms in total. The van der Waals surface area contributed by atoms with Gasteiger partial charge in [-0.3, -0.25) is 0 Å². The molecule has 1 saturated heterocycles. The summed E-state index contributed by atoms with van der Waals surface area (Å²) in [4.78, 5) is 0. The quantitative estimate of drug-likeness (QED) is 0.589. The fourth-order valence-corrected chi connectivity index (χ4v) is 1.60. The lowest BCUT2D eigenvalue weighted by atomic mass is 10.2. The van der Waals surface area contributed by atoms with Gasteiger partial charge >= 0.3 is 0 Å². The minimum Gasteiger partial charge on any atom is -0.378 e. The molecule has 0 aromatic rings. The molecule has 1 heterocycles.